The topological polar surface area (TPSA) is 55.1 Å². The van der Waals surface area contributed by atoms with Gasteiger partial charge in [-0.15, -0.1) is 0 Å². The molecule has 0 aromatic heterocycles. The van der Waals surface area contributed by atoms with Gasteiger partial charge in [0.2, 0.25) is 0 Å². The van der Waals surface area contributed by atoms with Crippen LogP contribution in [0.15, 0.2) is 18.2 Å². The van der Waals surface area contributed by atoms with Crippen molar-refractivity contribution in [3.8, 4) is 11.8 Å². The number of nitrogens with two attached hydrogens (primary N) is 1. The van der Waals surface area contributed by atoms with Gasteiger partial charge in [0.1, 0.15) is 0 Å². The Hall–Kier alpha value is -1.79. The molecule has 3 N–H and O–H groups in total. The minimum atomic E-state index is -0.0673. The van der Waals surface area contributed by atoms with Crippen molar-refractivity contribution in [3.05, 3.63) is 34.9 Å². The second kappa shape index (κ2) is 6.78. The fourth-order valence-electron chi connectivity index (χ4n) is 2.94. The Labute approximate surface area is 127 Å². The quantitative estimate of drug-likeness (QED) is 0.821. The molecule has 0 spiro atoms. The van der Waals surface area contributed by atoms with Crippen LogP contribution in [0.2, 0.25) is 0 Å². The molecule has 3 heteroatoms. The Kier molecular flexibility index (Phi) is 5.03. The molecule has 1 aliphatic carbocycles. The zero-order valence-electron chi connectivity index (χ0n) is 13.0. The van der Waals surface area contributed by atoms with Gasteiger partial charge < -0.3 is 11.1 Å². The SMILES string of the molecule is Cc1cc(C#CCN)cc(C(=O)NC2(C)CCCCC2)c1. The Morgan fingerprint density at radius 1 is 1.29 bits per heavy atom. The minimum absolute atomic E-state index is 0.00102. The van der Waals surface area contributed by atoms with E-state index < -0.39 is 0 Å². The average molecular weight is 284 g/mol. The molecule has 1 amide bonds. The third-order valence-electron chi connectivity index (χ3n) is 4.05. The molecule has 1 aliphatic rings. The number of carbonyl (C=O) groups is 1. The number of hydrogen-bond acceptors (Lipinski definition) is 2. The van der Waals surface area contributed by atoms with Crippen molar-refractivity contribution in [1.29, 1.82) is 0 Å². The summed E-state index contributed by atoms with van der Waals surface area (Å²) < 4.78 is 0. The first kappa shape index (κ1) is 15.6. The van der Waals surface area contributed by atoms with E-state index in [2.05, 4.69) is 24.1 Å². The van der Waals surface area contributed by atoms with Crippen molar-refractivity contribution in [2.75, 3.05) is 6.54 Å². The molecule has 0 saturated heterocycles. The molecule has 0 heterocycles. The molecule has 21 heavy (non-hydrogen) atoms. The van der Waals surface area contributed by atoms with E-state index in [4.69, 9.17) is 5.73 Å². The Morgan fingerprint density at radius 3 is 2.67 bits per heavy atom. The lowest BCUT2D eigenvalue weighted by molar-refractivity contribution is 0.0882. The number of benzene rings is 1. The van der Waals surface area contributed by atoms with Crippen molar-refractivity contribution in [2.24, 2.45) is 5.73 Å². The maximum absolute atomic E-state index is 12.5. The van der Waals surface area contributed by atoms with E-state index in [0.29, 0.717) is 12.1 Å². The molecule has 112 valence electrons. The molecule has 1 saturated carbocycles. The number of carbonyl (C=O) groups excluding carboxylic acids is 1. The van der Waals surface area contributed by atoms with Crippen molar-refractivity contribution >= 4 is 5.91 Å². The highest BCUT2D eigenvalue weighted by molar-refractivity contribution is 5.95. The van der Waals surface area contributed by atoms with Gasteiger partial charge in [-0.25, -0.2) is 0 Å². The molecule has 0 aliphatic heterocycles. The van der Waals surface area contributed by atoms with Crippen LogP contribution in [0.4, 0.5) is 0 Å². The fraction of sp³-hybridized carbons (Fsp3) is 0.500. The van der Waals surface area contributed by atoms with E-state index in [1.165, 1.54) is 19.3 Å². The second-order valence-electron chi connectivity index (χ2n) is 6.17. The third-order valence-corrected chi connectivity index (χ3v) is 4.05. The molecule has 0 unspecified atom stereocenters. The number of amides is 1. The van der Waals surface area contributed by atoms with Crippen molar-refractivity contribution in [3.63, 3.8) is 0 Å². The van der Waals surface area contributed by atoms with Crippen LogP contribution < -0.4 is 11.1 Å². The third kappa shape index (κ3) is 4.34. The highest BCUT2D eigenvalue weighted by atomic mass is 16.1. The molecule has 3 nitrogen and oxygen atoms in total. The van der Waals surface area contributed by atoms with Gasteiger partial charge in [0, 0.05) is 16.7 Å². The highest BCUT2D eigenvalue weighted by Crippen LogP contribution is 2.28. The second-order valence-corrected chi connectivity index (χ2v) is 6.17. The van der Waals surface area contributed by atoms with E-state index in [-0.39, 0.29) is 11.4 Å². The van der Waals surface area contributed by atoms with E-state index in [1.807, 2.05) is 25.1 Å². The summed E-state index contributed by atoms with van der Waals surface area (Å²) in [5.41, 5.74) is 7.90. The Balaban J connectivity index is 2.16. The van der Waals surface area contributed by atoms with Gasteiger partial charge in [-0.1, -0.05) is 31.1 Å². The van der Waals surface area contributed by atoms with Crippen LogP contribution in [-0.4, -0.2) is 18.0 Å². The van der Waals surface area contributed by atoms with Crippen LogP contribution in [0.5, 0.6) is 0 Å². The minimum Gasteiger partial charge on any atom is -0.347 e. The summed E-state index contributed by atoms with van der Waals surface area (Å²) in [6.45, 7) is 4.45. The highest BCUT2D eigenvalue weighted by Gasteiger charge is 2.28. The molecule has 2 rings (SSSR count). The van der Waals surface area contributed by atoms with Gasteiger partial charge >= 0.3 is 0 Å². The van der Waals surface area contributed by atoms with Crippen molar-refractivity contribution in [1.82, 2.24) is 5.32 Å². The number of aryl methyl sites for hydroxylation is 1. The summed E-state index contributed by atoms with van der Waals surface area (Å²) in [5.74, 6) is 5.83. The normalized spacial score (nSPS) is 16.7. The first-order chi connectivity index (χ1) is 10.0. The average Bonchev–Trinajstić information content (AvgIpc) is 2.45. The summed E-state index contributed by atoms with van der Waals surface area (Å²) in [6.07, 6.45) is 5.78. The molecule has 1 aromatic rings. The largest absolute Gasteiger partial charge is 0.347 e. The van der Waals surface area contributed by atoms with Crippen LogP contribution in [0.3, 0.4) is 0 Å². The number of nitrogens with one attached hydrogen (secondary N) is 1. The van der Waals surface area contributed by atoms with Gasteiger partial charge in [0.05, 0.1) is 6.54 Å². The monoisotopic (exact) mass is 284 g/mol. The summed E-state index contributed by atoms with van der Waals surface area (Å²) in [5, 5.41) is 3.21. The van der Waals surface area contributed by atoms with Crippen molar-refractivity contribution < 1.29 is 4.79 Å². The Bertz CT molecular complexity index is 575. The Morgan fingerprint density at radius 2 is 2.00 bits per heavy atom. The van der Waals surface area contributed by atoms with E-state index >= 15 is 0 Å². The zero-order valence-corrected chi connectivity index (χ0v) is 13.0. The summed E-state index contributed by atoms with van der Waals surface area (Å²) in [6, 6.07) is 5.73. The smallest absolute Gasteiger partial charge is 0.251 e. The molecule has 0 bridgehead atoms. The molecular weight excluding hydrogens is 260 g/mol. The first-order valence-electron chi connectivity index (χ1n) is 7.66. The van der Waals surface area contributed by atoms with Crippen LogP contribution in [0, 0.1) is 18.8 Å². The lowest BCUT2D eigenvalue weighted by Gasteiger charge is -2.34. The van der Waals surface area contributed by atoms with E-state index in [1.54, 1.807) is 0 Å². The van der Waals surface area contributed by atoms with Gasteiger partial charge in [-0.05, 0) is 50.5 Å². The molecule has 0 atom stereocenters. The van der Waals surface area contributed by atoms with Gasteiger partial charge in [0.15, 0.2) is 0 Å². The van der Waals surface area contributed by atoms with E-state index in [9.17, 15) is 4.79 Å². The first-order valence-corrected chi connectivity index (χ1v) is 7.66. The standard InChI is InChI=1S/C18H24N2O/c1-14-11-15(7-6-10-19)13-16(12-14)17(21)20-18(2)8-4-3-5-9-18/h11-13H,3-5,8-10,19H2,1-2H3,(H,20,21). The predicted octanol–water partition coefficient (Wildman–Crippen LogP) is 2.76. The van der Waals surface area contributed by atoms with Gasteiger partial charge in [-0.2, -0.15) is 0 Å². The maximum atomic E-state index is 12.5. The van der Waals surface area contributed by atoms with Gasteiger partial charge in [-0.3, -0.25) is 4.79 Å². The zero-order chi connectivity index (χ0) is 15.3. The van der Waals surface area contributed by atoms with Crippen LogP contribution in [0.25, 0.3) is 0 Å². The van der Waals surface area contributed by atoms with Gasteiger partial charge in [0.25, 0.3) is 5.91 Å². The van der Waals surface area contributed by atoms with E-state index in [0.717, 1.165) is 24.0 Å². The number of rotatable bonds is 2. The predicted molar refractivity (Wildman–Crippen MR) is 86.1 cm³/mol. The van der Waals surface area contributed by atoms with Crippen LogP contribution >= 0.6 is 0 Å². The molecule has 1 fully saturated rings. The molecule has 0 radical (unpaired) electrons. The molecular formula is C18H24N2O. The lowest BCUT2D eigenvalue weighted by atomic mass is 9.83. The van der Waals surface area contributed by atoms with Crippen molar-refractivity contribution in [2.45, 2.75) is 51.5 Å². The summed E-state index contributed by atoms with van der Waals surface area (Å²) >= 11 is 0. The van der Waals surface area contributed by atoms with Crippen LogP contribution in [-0.2, 0) is 0 Å². The fourth-order valence-corrected chi connectivity index (χ4v) is 2.94. The summed E-state index contributed by atoms with van der Waals surface area (Å²) in [7, 11) is 0. The van der Waals surface area contributed by atoms with Crippen LogP contribution in [0.1, 0.15) is 60.5 Å². The number of hydrogen-bond donors (Lipinski definition) is 2. The summed E-state index contributed by atoms with van der Waals surface area (Å²) in [4.78, 5) is 12.5. The molecule has 1 aromatic carbocycles. The lowest BCUT2D eigenvalue weighted by Crippen LogP contribution is -2.47. The maximum Gasteiger partial charge on any atom is 0.251 e.